The highest BCUT2D eigenvalue weighted by Crippen LogP contribution is 2.35. The Kier molecular flexibility index (Phi) is 9.90. The topological polar surface area (TPSA) is 27.7 Å². The van der Waals surface area contributed by atoms with E-state index in [1.165, 1.54) is 21.6 Å². The van der Waals surface area contributed by atoms with E-state index in [1.807, 2.05) is 13.1 Å². The molecule has 3 rings (SSSR count). The van der Waals surface area contributed by atoms with Crippen LogP contribution in [0.1, 0.15) is 48.3 Å². The molecule has 0 spiro atoms. The molecule has 1 N–H and O–H groups in total. The molecule has 4 nitrogen and oxygen atoms in total. The van der Waals surface area contributed by atoms with Crippen molar-refractivity contribution in [3.8, 4) is 0 Å². The third-order valence-corrected chi connectivity index (χ3v) is 8.04. The molecule has 2 aromatic rings. The maximum Gasteiger partial charge on any atom is 0.0933 e. The summed E-state index contributed by atoms with van der Waals surface area (Å²) in [7, 11) is 6.40. The maximum absolute atomic E-state index is 6.46. The number of hydrogen-bond donors (Lipinski definition) is 1. The molecule has 0 bridgehead atoms. The lowest BCUT2D eigenvalue weighted by molar-refractivity contribution is 0.0356. The first kappa shape index (κ1) is 25.9. The molecule has 1 atom stereocenters. The number of likely N-dealkylation sites (tertiary alicyclic amines) is 1. The van der Waals surface area contributed by atoms with Gasteiger partial charge in [-0.2, -0.15) is 0 Å². The summed E-state index contributed by atoms with van der Waals surface area (Å²) in [5.74, 6) is 0. The van der Waals surface area contributed by atoms with Crippen LogP contribution >= 0.6 is 11.3 Å². The predicted molar refractivity (Wildman–Crippen MR) is 142 cm³/mol. The van der Waals surface area contributed by atoms with Crippen molar-refractivity contribution in [3.63, 3.8) is 0 Å². The highest BCUT2D eigenvalue weighted by molar-refractivity contribution is 7.10. The van der Waals surface area contributed by atoms with Crippen molar-refractivity contribution < 1.29 is 4.74 Å². The lowest BCUT2D eigenvalue weighted by Gasteiger charge is -2.47. The van der Waals surface area contributed by atoms with Crippen LogP contribution in [0.25, 0.3) is 0 Å². The van der Waals surface area contributed by atoms with Crippen LogP contribution in [-0.4, -0.2) is 56.1 Å². The van der Waals surface area contributed by atoms with Gasteiger partial charge in [0, 0.05) is 30.1 Å². The zero-order valence-electron chi connectivity index (χ0n) is 20.8. The summed E-state index contributed by atoms with van der Waals surface area (Å²) in [6.45, 7) is 10.9. The van der Waals surface area contributed by atoms with E-state index >= 15 is 0 Å². The first-order valence-electron chi connectivity index (χ1n) is 12.1. The number of nitrogens with zero attached hydrogens (tertiary/aromatic N) is 2. The average Bonchev–Trinajstić information content (AvgIpc) is 3.36. The quantitative estimate of drug-likeness (QED) is 0.409. The Bertz CT molecular complexity index is 882. The Morgan fingerprint density at radius 1 is 1.21 bits per heavy atom. The molecule has 0 amide bonds. The summed E-state index contributed by atoms with van der Waals surface area (Å²) in [6, 6.07) is 13.1. The number of piperidine rings is 1. The van der Waals surface area contributed by atoms with Gasteiger partial charge in [-0.3, -0.25) is 9.80 Å². The van der Waals surface area contributed by atoms with E-state index in [2.05, 4.69) is 90.6 Å². The van der Waals surface area contributed by atoms with Crippen LogP contribution < -0.4 is 5.32 Å². The van der Waals surface area contributed by atoms with Gasteiger partial charge in [0.2, 0.25) is 0 Å². The van der Waals surface area contributed by atoms with E-state index in [1.54, 1.807) is 11.3 Å². The van der Waals surface area contributed by atoms with Crippen LogP contribution in [0.4, 0.5) is 0 Å². The highest BCUT2D eigenvalue weighted by atomic mass is 32.1. The number of ether oxygens (including phenoxy) is 1. The number of nitrogens with one attached hydrogen (secondary N) is 1. The fourth-order valence-electron chi connectivity index (χ4n) is 4.99. The van der Waals surface area contributed by atoms with Crippen molar-refractivity contribution in [1.82, 2.24) is 15.1 Å². The summed E-state index contributed by atoms with van der Waals surface area (Å²) in [4.78, 5) is 6.29. The largest absolute Gasteiger partial charge is 0.368 e. The molecule has 1 aromatic heterocycles. The van der Waals surface area contributed by atoms with Crippen LogP contribution in [-0.2, 0) is 17.9 Å². The zero-order chi connectivity index (χ0) is 23.7. The normalized spacial score (nSPS) is 17.9. The van der Waals surface area contributed by atoms with Crippen molar-refractivity contribution in [2.75, 3.05) is 40.8 Å². The fourth-order valence-corrected chi connectivity index (χ4v) is 5.80. The van der Waals surface area contributed by atoms with Crippen LogP contribution in [0.2, 0.25) is 0 Å². The number of allylic oxidation sites excluding steroid dienone is 1. The molecule has 180 valence electrons. The molecule has 5 heteroatoms. The number of likely N-dealkylation sites (N-methyl/N-ethyl adjacent to an activating group) is 1. The number of hydrogen-bond acceptors (Lipinski definition) is 5. The SMILES string of the molecule is C=C/C(=C\C)C1(N(C)C)CCN(Cc2ccccc2COC(CCNC)c2cccs2)CC1. The summed E-state index contributed by atoms with van der Waals surface area (Å²) in [5, 5.41) is 5.39. The highest BCUT2D eigenvalue weighted by Gasteiger charge is 2.38. The molecular weight excluding hydrogens is 426 g/mol. The van der Waals surface area contributed by atoms with Crippen LogP contribution in [0, 0.1) is 0 Å². The molecule has 33 heavy (non-hydrogen) atoms. The average molecular weight is 468 g/mol. The van der Waals surface area contributed by atoms with E-state index in [9.17, 15) is 0 Å². The van der Waals surface area contributed by atoms with Gasteiger partial charge in [-0.05, 0) is 82.0 Å². The Labute approximate surface area is 204 Å². The van der Waals surface area contributed by atoms with Crippen molar-refractivity contribution in [3.05, 3.63) is 82.1 Å². The molecule has 1 unspecified atom stereocenters. The third kappa shape index (κ3) is 6.43. The van der Waals surface area contributed by atoms with Crippen LogP contribution in [0.3, 0.4) is 0 Å². The molecule has 1 saturated heterocycles. The molecule has 1 aliphatic rings. The summed E-state index contributed by atoms with van der Waals surface area (Å²) < 4.78 is 6.46. The minimum atomic E-state index is 0.0941. The Balaban J connectivity index is 1.65. The Morgan fingerprint density at radius 3 is 2.52 bits per heavy atom. The van der Waals surface area contributed by atoms with Crippen molar-refractivity contribution in [2.24, 2.45) is 0 Å². The van der Waals surface area contributed by atoms with E-state index in [0.717, 1.165) is 45.4 Å². The third-order valence-electron chi connectivity index (χ3n) is 7.08. The number of benzene rings is 1. The van der Waals surface area contributed by atoms with Gasteiger partial charge in [-0.1, -0.05) is 49.1 Å². The van der Waals surface area contributed by atoms with Gasteiger partial charge in [0.1, 0.15) is 0 Å². The van der Waals surface area contributed by atoms with Crippen molar-refractivity contribution in [2.45, 2.75) is 51.0 Å². The molecule has 2 heterocycles. The second kappa shape index (κ2) is 12.6. The Morgan fingerprint density at radius 2 is 1.94 bits per heavy atom. The van der Waals surface area contributed by atoms with Crippen LogP contribution in [0.5, 0.6) is 0 Å². The molecule has 1 aromatic carbocycles. The Hall–Kier alpha value is -1.76. The first-order valence-corrected chi connectivity index (χ1v) is 13.0. The van der Waals surface area contributed by atoms with E-state index in [0.29, 0.717) is 6.61 Å². The van der Waals surface area contributed by atoms with E-state index in [-0.39, 0.29) is 11.6 Å². The van der Waals surface area contributed by atoms with Gasteiger partial charge in [-0.25, -0.2) is 0 Å². The summed E-state index contributed by atoms with van der Waals surface area (Å²) >= 11 is 1.78. The van der Waals surface area contributed by atoms with Gasteiger partial charge in [0.15, 0.2) is 0 Å². The second-order valence-electron chi connectivity index (χ2n) is 9.13. The van der Waals surface area contributed by atoms with E-state index in [4.69, 9.17) is 4.74 Å². The van der Waals surface area contributed by atoms with Gasteiger partial charge >= 0.3 is 0 Å². The van der Waals surface area contributed by atoms with Crippen LogP contribution in [0.15, 0.2) is 66.1 Å². The predicted octanol–water partition coefficient (Wildman–Crippen LogP) is 5.64. The summed E-state index contributed by atoms with van der Waals surface area (Å²) in [5.41, 5.74) is 4.12. The standard InChI is InChI=1S/C28H41N3OS/c1-6-25(7-2)28(30(4)5)15-18-31(19-16-28)21-23-11-8-9-12-24(23)22-32-26(14-17-29-3)27-13-10-20-33-27/h6-13,20,26,29H,1,14-19,21-22H2,2-5H3/b25-7+. The molecule has 1 aliphatic heterocycles. The van der Waals surface area contributed by atoms with Gasteiger partial charge in [0.05, 0.1) is 12.7 Å². The molecule has 0 radical (unpaired) electrons. The minimum absolute atomic E-state index is 0.0941. The zero-order valence-corrected chi connectivity index (χ0v) is 21.7. The van der Waals surface area contributed by atoms with Crippen molar-refractivity contribution >= 4 is 11.3 Å². The van der Waals surface area contributed by atoms with Crippen molar-refractivity contribution in [1.29, 1.82) is 0 Å². The lowest BCUT2D eigenvalue weighted by Crippen LogP contribution is -2.53. The maximum atomic E-state index is 6.46. The number of thiophene rings is 1. The lowest BCUT2D eigenvalue weighted by atomic mass is 9.79. The first-order chi connectivity index (χ1) is 16.0. The molecule has 1 fully saturated rings. The van der Waals surface area contributed by atoms with Gasteiger partial charge in [-0.15, -0.1) is 11.3 Å². The summed E-state index contributed by atoms with van der Waals surface area (Å²) in [6.07, 6.45) is 7.63. The van der Waals surface area contributed by atoms with Gasteiger partial charge in [0.25, 0.3) is 0 Å². The molecule has 0 aliphatic carbocycles. The van der Waals surface area contributed by atoms with E-state index < -0.39 is 0 Å². The minimum Gasteiger partial charge on any atom is -0.368 e. The smallest absolute Gasteiger partial charge is 0.0933 e. The fraction of sp³-hybridized carbons (Fsp3) is 0.500. The monoisotopic (exact) mass is 467 g/mol. The number of rotatable bonds is 12. The van der Waals surface area contributed by atoms with Gasteiger partial charge < -0.3 is 10.1 Å². The second-order valence-corrected chi connectivity index (χ2v) is 10.1. The molecule has 0 saturated carbocycles. The molecular formula is C28H41N3OS.